The summed E-state index contributed by atoms with van der Waals surface area (Å²) in [4.78, 5) is 0. The van der Waals surface area contributed by atoms with Crippen molar-refractivity contribution >= 4 is 11.6 Å². The lowest BCUT2D eigenvalue weighted by molar-refractivity contribution is 0.615. The average Bonchev–Trinajstić information content (AvgIpc) is 2.80. The van der Waals surface area contributed by atoms with Gasteiger partial charge in [0, 0.05) is 24.8 Å². The molecule has 102 valence electrons. The van der Waals surface area contributed by atoms with Crippen molar-refractivity contribution in [3.05, 3.63) is 52.8 Å². The topological polar surface area (TPSA) is 29.9 Å². The second-order valence-corrected chi connectivity index (χ2v) is 5.37. The Hall–Kier alpha value is -1.32. The quantitative estimate of drug-likeness (QED) is 0.823. The van der Waals surface area contributed by atoms with Crippen LogP contribution in [-0.2, 0) is 13.5 Å². The molecule has 1 atom stereocenters. The summed E-state index contributed by atoms with van der Waals surface area (Å²) in [6, 6.07) is 8.08. The summed E-state index contributed by atoms with van der Waals surface area (Å²) in [6.45, 7) is 4.14. The van der Waals surface area contributed by atoms with Gasteiger partial charge in [-0.15, -0.1) is 0 Å². The van der Waals surface area contributed by atoms with E-state index in [1.54, 1.807) is 0 Å². The molecule has 0 aliphatic heterocycles. The zero-order valence-electron chi connectivity index (χ0n) is 11.4. The highest BCUT2D eigenvalue weighted by Gasteiger charge is 2.05. The number of aryl methyl sites for hydroxylation is 1. The van der Waals surface area contributed by atoms with Crippen LogP contribution in [0, 0.1) is 0 Å². The van der Waals surface area contributed by atoms with E-state index in [9.17, 15) is 0 Å². The van der Waals surface area contributed by atoms with Crippen LogP contribution in [0.2, 0.25) is 5.02 Å². The minimum atomic E-state index is 0.465. The molecule has 0 amide bonds. The van der Waals surface area contributed by atoms with E-state index in [1.165, 1.54) is 11.1 Å². The summed E-state index contributed by atoms with van der Waals surface area (Å²) < 4.78 is 1.84. The van der Waals surface area contributed by atoms with Gasteiger partial charge in [-0.25, -0.2) is 0 Å². The third-order valence-corrected chi connectivity index (χ3v) is 3.45. The summed E-state index contributed by atoms with van der Waals surface area (Å²) >= 11 is 6.00. The van der Waals surface area contributed by atoms with Crippen LogP contribution in [0.3, 0.4) is 0 Å². The molecule has 0 aliphatic rings. The van der Waals surface area contributed by atoms with Crippen LogP contribution in [0.15, 0.2) is 36.7 Å². The molecule has 0 saturated heterocycles. The molecule has 0 spiro atoms. The van der Waals surface area contributed by atoms with Crippen LogP contribution in [0.1, 0.15) is 24.0 Å². The Kier molecular flexibility index (Phi) is 5.00. The van der Waals surface area contributed by atoms with E-state index in [1.807, 2.05) is 36.1 Å². The zero-order valence-corrected chi connectivity index (χ0v) is 12.2. The maximum absolute atomic E-state index is 6.00. The molecule has 0 radical (unpaired) electrons. The lowest BCUT2D eigenvalue weighted by Crippen LogP contribution is -2.22. The van der Waals surface area contributed by atoms with Crippen molar-refractivity contribution in [1.29, 1.82) is 0 Å². The molecule has 0 aliphatic carbocycles. The number of nitrogens with one attached hydrogen (secondary N) is 1. The van der Waals surface area contributed by atoms with Crippen LogP contribution in [0.4, 0.5) is 0 Å². The Morgan fingerprint density at radius 1 is 1.42 bits per heavy atom. The molecule has 0 fully saturated rings. The molecule has 1 heterocycles. The number of nitrogens with zero attached hydrogens (tertiary/aromatic N) is 2. The second kappa shape index (κ2) is 6.73. The highest BCUT2D eigenvalue weighted by molar-refractivity contribution is 6.30. The zero-order chi connectivity index (χ0) is 13.7. The minimum absolute atomic E-state index is 0.465. The van der Waals surface area contributed by atoms with Gasteiger partial charge in [0.05, 0.1) is 6.20 Å². The van der Waals surface area contributed by atoms with Crippen molar-refractivity contribution in [1.82, 2.24) is 15.1 Å². The van der Waals surface area contributed by atoms with E-state index in [0.717, 1.165) is 24.5 Å². The number of halogens is 1. The van der Waals surface area contributed by atoms with Crippen molar-refractivity contribution in [2.45, 2.75) is 19.3 Å². The van der Waals surface area contributed by atoms with Gasteiger partial charge in [0.25, 0.3) is 0 Å². The number of hydrogen-bond acceptors (Lipinski definition) is 2. The third kappa shape index (κ3) is 4.37. The normalized spacial score (nSPS) is 12.6. The maximum atomic E-state index is 6.00. The molecule has 0 unspecified atom stereocenters. The number of benzene rings is 1. The summed E-state index contributed by atoms with van der Waals surface area (Å²) in [7, 11) is 1.94. The average molecular weight is 278 g/mol. The second-order valence-electron chi connectivity index (χ2n) is 4.93. The Bertz CT molecular complexity index is 522. The van der Waals surface area contributed by atoms with Gasteiger partial charge in [0.2, 0.25) is 0 Å². The number of hydrogen-bond donors (Lipinski definition) is 1. The minimum Gasteiger partial charge on any atom is -0.316 e. The van der Waals surface area contributed by atoms with Gasteiger partial charge in [-0.3, -0.25) is 4.68 Å². The van der Waals surface area contributed by atoms with E-state index in [4.69, 9.17) is 11.6 Å². The van der Waals surface area contributed by atoms with Gasteiger partial charge >= 0.3 is 0 Å². The first kappa shape index (κ1) is 14.1. The molecule has 0 bridgehead atoms. The van der Waals surface area contributed by atoms with Gasteiger partial charge in [-0.1, -0.05) is 30.7 Å². The van der Waals surface area contributed by atoms with E-state index < -0.39 is 0 Å². The van der Waals surface area contributed by atoms with Gasteiger partial charge in [-0.2, -0.15) is 5.10 Å². The molecule has 1 aromatic carbocycles. The van der Waals surface area contributed by atoms with Gasteiger partial charge in [-0.05, 0) is 42.1 Å². The van der Waals surface area contributed by atoms with Crippen LogP contribution < -0.4 is 5.32 Å². The van der Waals surface area contributed by atoms with E-state index in [2.05, 4.69) is 29.6 Å². The van der Waals surface area contributed by atoms with Gasteiger partial charge < -0.3 is 5.32 Å². The number of rotatable bonds is 6. The Balaban J connectivity index is 1.73. The SMILES string of the molecule is C[C@H](CNCCc1cnn(C)c1)c1cccc(Cl)c1. The monoisotopic (exact) mass is 277 g/mol. The molecule has 0 saturated carbocycles. The molecule has 19 heavy (non-hydrogen) atoms. The highest BCUT2D eigenvalue weighted by atomic mass is 35.5. The molecule has 3 nitrogen and oxygen atoms in total. The first-order valence-corrected chi connectivity index (χ1v) is 6.96. The first-order chi connectivity index (χ1) is 9.15. The highest BCUT2D eigenvalue weighted by Crippen LogP contribution is 2.18. The Morgan fingerprint density at radius 3 is 2.95 bits per heavy atom. The predicted octanol–water partition coefficient (Wildman–Crippen LogP) is 3.01. The smallest absolute Gasteiger partial charge is 0.0522 e. The van der Waals surface area contributed by atoms with Crippen LogP contribution in [0.25, 0.3) is 0 Å². The summed E-state index contributed by atoms with van der Waals surface area (Å²) in [5, 5.41) is 8.45. The van der Waals surface area contributed by atoms with E-state index in [-0.39, 0.29) is 0 Å². The molecule has 2 rings (SSSR count). The molecule has 1 N–H and O–H groups in total. The Morgan fingerprint density at radius 2 is 2.26 bits per heavy atom. The van der Waals surface area contributed by atoms with Gasteiger partial charge in [0.15, 0.2) is 0 Å². The molecular formula is C15H20ClN3. The van der Waals surface area contributed by atoms with Crippen molar-refractivity contribution < 1.29 is 0 Å². The van der Waals surface area contributed by atoms with E-state index >= 15 is 0 Å². The largest absolute Gasteiger partial charge is 0.316 e. The lowest BCUT2D eigenvalue weighted by Gasteiger charge is -2.13. The van der Waals surface area contributed by atoms with Crippen molar-refractivity contribution in [3.8, 4) is 0 Å². The summed E-state index contributed by atoms with van der Waals surface area (Å²) in [5.74, 6) is 0.465. The van der Waals surface area contributed by atoms with Crippen LogP contribution >= 0.6 is 11.6 Å². The lowest BCUT2D eigenvalue weighted by atomic mass is 10.0. The van der Waals surface area contributed by atoms with Crippen molar-refractivity contribution in [3.63, 3.8) is 0 Å². The van der Waals surface area contributed by atoms with Crippen LogP contribution in [0.5, 0.6) is 0 Å². The van der Waals surface area contributed by atoms with Gasteiger partial charge in [0.1, 0.15) is 0 Å². The summed E-state index contributed by atoms with van der Waals surface area (Å²) in [6.07, 6.45) is 4.99. The number of aromatic nitrogens is 2. The Labute approximate surface area is 119 Å². The molecule has 4 heteroatoms. The molecule has 2 aromatic rings. The first-order valence-electron chi connectivity index (χ1n) is 6.59. The van der Waals surface area contributed by atoms with Crippen LogP contribution in [-0.4, -0.2) is 22.9 Å². The molecule has 1 aromatic heterocycles. The molecular weight excluding hydrogens is 258 g/mol. The van der Waals surface area contributed by atoms with Crippen molar-refractivity contribution in [2.24, 2.45) is 7.05 Å². The fourth-order valence-electron chi connectivity index (χ4n) is 2.08. The van der Waals surface area contributed by atoms with Crippen molar-refractivity contribution in [2.75, 3.05) is 13.1 Å². The fourth-order valence-corrected chi connectivity index (χ4v) is 2.28. The van der Waals surface area contributed by atoms with E-state index in [0.29, 0.717) is 5.92 Å². The summed E-state index contributed by atoms with van der Waals surface area (Å²) in [5.41, 5.74) is 2.55. The predicted molar refractivity (Wildman–Crippen MR) is 79.6 cm³/mol. The standard InChI is InChI=1S/C15H20ClN3/c1-12(14-4-3-5-15(16)8-14)9-17-7-6-13-10-18-19(2)11-13/h3-5,8,10-12,17H,6-7,9H2,1-2H3/t12-/m1/s1. The maximum Gasteiger partial charge on any atom is 0.0522 e. The third-order valence-electron chi connectivity index (χ3n) is 3.22. The fraction of sp³-hybridized carbons (Fsp3) is 0.400.